The van der Waals surface area contributed by atoms with E-state index >= 15 is 0 Å². The van der Waals surface area contributed by atoms with Crippen LogP contribution >= 0.6 is 28.6 Å². The fourth-order valence-corrected chi connectivity index (χ4v) is 3.09. The highest BCUT2D eigenvalue weighted by Crippen LogP contribution is 2.47. The second-order valence-electron chi connectivity index (χ2n) is 4.96. The molecule has 0 fully saturated rings. The van der Waals surface area contributed by atoms with E-state index in [0.29, 0.717) is 5.56 Å². The van der Waals surface area contributed by atoms with Gasteiger partial charge in [0.05, 0.1) is 5.02 Å². The highest BCUT2D eigenvalue weighted by Gasteiger charge is 2.24. The van der Waals surface area contributed by atoms with E-state index in [1.165, 1.54) is 0 Å². The minimum atomic E-state index is -0.217. The molecule has 2 aromatic rings. The summed E-state index contributed by atoms with van der Waals surface area (Å²) in [6.07, 6.45) is 1.54. The molecule has 1 heterocycles. The fraction of sp³-hybridized carbons (Fsp3) is 0.250. The lowest BCUT2D eigenvalue weighted by Crippen LogP contribution is -2.16. The molecule has 2 aromatic carbocycles. The molecule has 0 unspecified atom stereocenters. The van der Waals surface area contributed by atoms with Gasteiger partial charge in [0, 0.05) is 5.56 Å². The zero-order valence-electron chi connectivity index (χ0n) is 11.4. The van der Waals surface area contributed by atoms with Gasteiger partial charge in [-0.1, -0.05) is 41.9 Å². The van der Waals surface area contributed by atoms with Crippen LogP contribution in [0.2, 0.25) is 5.02 Å². The third-order valence-corrected chi connectivity index (χ3v) is 4.17. The molecular formula is C16H17BrClNO2. The van der Waals surface area contributed by atoms with Crippen LogP contribution in [-0.4, -0.2) is 23.3 Å². The Balaban J connectivity index is 0.00000161. The van der Waals surface area contributed by atoms with Crippen molar-refractivity contribution in [2.45, 2.75) is 12.8 Å². The lowest BCUT2D eigenvalue weighted by Gasteiger charge is -2.17. The summed E-state index contributed by atoms with van der Waals surface area (Å²) in [6.45, 7) is 1.67. The molecule has 0 bridgehead atoms. The van der Waals surface area contributed by atoms with E-state index in [2.05, 4.69) is 5.32 Å². The SMILES string of the molecule is Br.Oc1c(O)c(-c2ccccc2)c2c(c1Cl)CCNCC2. The van der Waals surface area contributed by atoms with Gasteiger partial charge in [0.15, 0.2) is 11.5 Å². The number of hydrogen-bond acceptors (Lipinski definition) is 3. The van der Waals surface area contributed by atoms with Crippen molar-refractivity contribution in [3.05, 3.63) is 46.5 Å². The molecule has 3 N–H and O–H groups in total. The Kier molecular flexibility index (Phi) is 5.14. The van der Waals surface area contributed by atoms with Crippen LogP contribution in [-0.2, 0) is 12.8 Å². The van der Waals surface area contributed by atoms with E-state index in [9.17, 15) is 10.2 Å². The van der Waals surface area contributed by atoms with Gasteiger partial charge >= 0.3 is 0 Å². The van der Waals surface area contributed by atoms with Crippen LogP contribution < -0.4 is 5.32 Å². The Bertz CT molecular complexity index is 647. The van der Waals surface area contributed by atoms with Crippen molar-refractivity contribution < 1.29 is 10.2 Å². The molecule has 0 saturated carbocycles. The van der Waals surface area contributed by atoms with Crippen LogP contribution in [0.1, 0.15) is 11.1 Å². The van der Waals surface area contributed by atoms with Gasteiger partial charge < -0.3 is 15.5 Å². The third-order valence-electron chi connectivity index (χ3n) is 3.77. The standard InChI is InChI=1S/C16H16ClNO2.BrH/c17-14-12-7-9-18-8-6-11(12)13(15(19)16(14)20)10-4-2-1-3-5-10;/h1-5,18-20H,6-9H2;1H. The predicted octanol–water partition coefficient (Wildman–Crippen LogP) is 3.68. The van der Waals surface area contributed by atoms with Crippen LogP contribution in [0, 0.1) is 0 Å². The molecule has 0 aromatic heterocycles. The molecule has 0 amide bonds. The summed E-state index contributed by atoms with van der Waals surface area (Å²) in [5.74, 6) is -0.340. The lowest BCUT2D eigenvalue weighted by molar-refractivity contribution is 0.404. The molecule has 3 nitrogen and oxygen atoms in total. The number of aromatic hydroxyl groups is 2. The van der Waals surface area contributed by atoms with Gasteiger partial charge in [0.25, 0.3) is 0 Å². The smallest absolute Gasteiger partial charge is 0.177 e. The average molecular weight is 371 g/mol. The van der Waals surface area contributed by atoms with E-state index in [1.807, 2.05) is 30.3 Å². The Labute approximate surface area is 139 Å². The Morgan fingerprint density at radius 3 is 2.19 bits per heavy atom. The van der Waals surface area contributed by atoms with Crippen LogP contribution in [0.5, 0.6) is 11.5 Å². The topological polar surface area (TPSA) is 52.5 Å². The highest BCUT2D eigenvalue weighted by atomic mass is 79.9. The molecule has 0 atom stereocenters. The maximum absolute atomic E-state index is 10.3. The van der Waals surface area contributed by atoms with E-state index in [4.69, 9.17) is 11.6 Å². The molecule has 1 aliphatic heterocycles. The zero-order chi connectivity index (χ0) is 14.1. The summed E-state index contributed by atoms with van der Waals surface area (Å²) in [5, 5.41) is 24.0. The maximum atomic E-state index is 10.3. The summed E-state index contributed by atoms with van der Waals surface area (Å²) in [5.41, 5.74) is 3.56. The van der Waals surface area contributed by atoms with Gasteiger partial charge in [-0.15, -0.1) is 17.0 Å². The van der Waals surface area contributed by atoms with Gasteiger partial charge in [-0.25, -0.2) is 0 Å². The first-order chi connectivity index (χ1) is 9.70. The first-order valence-corrected chi connectivity index (χ1v) is 7.09. The predicted molar refractivity (Wildman–Crippen MR) is 90.8 cm³/mol. The summed E-state index contributed by atoms with van der Waals surface area (Å²) in [4.78, 5) is 0. The molecule has 0 aliphatic carbocycles. The second kappa shape index (κ2) is 6.69. The largest absolute Gasteiger partial charge is 0.504 e. The fourth-order valence-electron chi connectivity index (χ4n) is 2.80. The number of fused-ring (bicyclic) bond motifs is 1. The van der Waals surface area contributed by atoms with Crippen molar-refractivity contribution in [3.8, 4) is 22.6 Å². The average Bonchev–Trinajstić information content (AvgIpc) is 2.72. The first kappa shape index (κ1) is 16.1. The van der Waals surface area contributed by atoms with E-state index in [0.717, 1.165) is 42.6 Å². The maximum Gasteiger partial charge on any atom is 0.177 e. The molecule has 112 valence electrons. The summed E-state index contributed by atoms with van der Waals surface area (Å²) in [6, 6.07) is 9.63. The number of benzene rings is 2. The van der Waals surface area contributed by atoms with Crippen molar-refractivity contribution in [3.63, 3.8) is 0 Å². The Morgan fingerprint density at radius 1 is 0.905 bits per heavy atom. The van der Waals surface area contributed by atoms with Crippen molar-refractivity contribution in [2.24, 2.45) is 0 Å². The monoisotopic (exact) mass is 369 g/mol. The molecule has 5 heteroatoms. The van der Waals surface area contributed by atoms with Crippen LogP contribution in [0.4, 0.5) is 0 Å². The van der Waals surface area contributed by atoms with Crippen molar-refractivity contribution in [2.75, 3.05) is 13.1 Å². The minimum absolute atomic E-state index is 0. The van der Waals surface area contributed by atoms with Crippen LogP contribution in [0.3, 0.4) is 0 Å². The molecule has 1 aliphatic rings. The number of nitrogens with one attached hydrogen (secondary N) is 1. The molecule has 0 radical (unpaired) electrons. The van der Waals surface area contributed by atoms with Gasteiger partial charge in [-0.05, 0) is 42.6 Å². The van der Waals surface area contributed by atoms with Gasteiger partial charge in [-0.2, -0.15) is 0 Å². The summed E-state index contributed by atoms with van der Waals surface area (Å²) < 4.78 is 0. The van der Waals surface area contributed by atoms with E-state index < -0.39 is 0 Å². The lowest BCUT2D eigenvalue weighted by atomic mass is 9.91. The number of phenols is 2. The molecule has 21 heavy (non-hydrogen) atoms. The summed E-state index contributed by atoms with van der Waals surface area (Å²) in [7, 11) is 0. The van der Waals surface area contributed by atoms with E-state index in [-0.39, 0.29) is 33.5 Å². The quantitative estimate of drug-likeness (QED) is 0.671. The summed E-state index contributed by atoms with van der Waals surface area (Å²) >= 11 is 6.21. The first-order valence-electron chi connectivity index (χ1n) is 6.71. The van der Waals surface area contributed by atoms with Gasteiger partial charge in [0.2, 0.25) is 0 Å². The van der Waals surface area contributed by atoms with Crippen molar-refractivity contribution >= 4 is 28.6 Å². The Morgan fingerprint density at radius 2 is 1.52 bits per heavy atom. The molecule has 0 saturated heterocycles. The normalized spacial score (nSPS) is 14.0. The number of halogens is 2. The second-order valence-corrected chi connectivity index (χ2v) is 5.34. The van der Waals surface area contributed by atoms with Gasteiger partial charge in [0.1, 0.15) is 0 Å². The third kappa shape index (κ3) is 2.89. The van der Waals surface area contributed by atoms with Gasteiger partial charge in [-0.3, -0.25) is 0 Å². The number of hydrogen-bond donors (Lipinski definition) is 3. The number of phenolic OH excluding ortho intramolecular Hbond substituents is 2. The molecule has 3 rings (SSSR count). The highest BCUT2D eigenvalue weighted by molar-refractivity contribution is 8.93. The van der Waals surface area contributed by atoms with Crippen molar-refractivity contribution in [1.29, 1.82) is 0 Å². The van der Waals surface area contributed by atoms with E-state index in [1.54, 1.807) is 0 Å². The zero-order valence-corrected chi connectivity index (χ0v) is 13.9. The Hall–Kier alpha value is -1.23. The minimum Gasteiger partial charge on any atom is -0.504 e. The van der Waals surface area contributed by atoms with Crippen molar-refractivity contribution in [1.82, 2.24) is 5.32 Å². The van der Waals surface area contributed by atoms with Crippen LogP contribution in [0.25, 0.3) is 11.1 Å². The molecular weight excluding hydrogens is 354 g/mol. The number of rotatable bonds is 1. The van der Waals surface area contributed by atoms with Crippen LogP contribution in [0.15, 0.2) is 30.3 Å². The molecule has 0 spiro atoms.